The first kappa shape index (κ1) is 12.5. The Hall–Kier alpha value is -1.93. The predicted molar refractivity (Wildman–Crippen MR) is 66.3 cm³/mol. The molecule has 0 spiro atoms. The Morgan fingerprint density at radius 3 is 2.83 bits per heavy atom. The SMILES string of the molecule is CN1CCN(Cc2ccncc2)C(CC#N)C1=O. The number of hydrogen-bond acceptors (Lipinski definition) is 4. The third-order valence-electron chi connectivity index (χ3n) is 3.24. The van der Waals surface area contributed by atoms with Gasteiger partial charge in [0.15, 0.2) is 0 Å². The van der Waals surface area contributed by atoms with Gasteiger partial charge in [0, 0.05) is 39.1 Å². The minimum atomic E-state index is -0.318. The standard InChI is InChI=1S/C13H16N4O/c1-16-8-9-17(12(2-5-14)13(16)18)10-11-3-6-15-7-4-11/h3-4,6-7,12H,2,8-10H2,1H3. The van der Waals surface area contributed by atoms with Gasteiger partial charge in [0.1, 0.15) is 6.04 Å². The van der Waals surface area contributed by atoms with E-state index in [0.29, 0.717) is 13.1 Å². The Morgan fingerprint density at radius 2 is 2.17 bits per heavy atom. The molecule has 0 bridgehead atoms. The maximum atomic E-state index is 12.0. The van der Waals surface area contributed by atoms with Gasteiger partial charge in [-0.2, -0.15) is 5.26 Å². The highest BCUT2D eigenvalue weighted by atomic mass is 16.2. The van der Waals surface area contributed by atoms with Gasteiger partial charge in [-0.1, -0.05) is 0 Å². The first-order valence-electron chi connectivity index (χ1n) is 5.97. The van der Waals surface area contributed by atoms with Crippen molar-refractivity contribution in [2.45, 2.75) is 19.0 Å². The highest BCUT2D eigenvalue weighted by molar-refractivity contribution is 5.82. The molecule has 0 saturated carbocycles. The highest BCUT2D eigenvalue weighted by Crippen LogP contribution is 2.16. The molecule has 94 valence electrons. The largest absolute Gasteiger partial charge is 0.343 e. The minimum absolute atomic E-state index is 0.0388. The molecule has 1 aliphatic heterocycles. The van der Waals surface area contributed by atoms with E-state index in [-0.39, 0.29) is 18.4 Å². The molecular formula is C13H16N4O. The van der Waals surface area contributed by atoms with Crippen molar-refractivity contribution in [3.05, 3.63) is 30.1 Å². The van der Waals surface area contributed by atoms with Gasteiger partial charge in [-0.15, -0.1) is 0 Å². The number of nitrogens with zero attached hydrogens (tertiary/aromatic N) is 4. The Balaban J connectivity index is 2.11. The van der Waals surface area contributed by atoms with Crippen LogP contribution in [0.15, 0.2) is 24.5 Å². The van der Waals surface area contributed by atoms with E-state index in [1.165, 1.54) is 0 Å². The van der Waals surface area contributed by atoms with Crippen molar-refractivity contribution in [3.63, 3.8) is 0 Å². The highest BCUT2D eigenvalue weighted by Gasteiger charge is 2.32. The molecule has 1 aromatic heterocycles. The molecule has 0 aromatic carbocycles. The summed E-state index contributed by atoms with van der Waals surface area (Å²) in [4.78, 5) is 19.8. The lowest BCUT2D eigenvalue weighted by molar-refractivity contribution is -0.140. The number of amides is 1. The Labute approximate surface area is 107 Å². The van der Waals surface area contributed by atoms with Crippen LogP contribution in [0.25, 0.3) is 0 Å². The minimum Gasteiger partial charge on any atom is -0.343 e. The zero-order valence-electron chi connectivity index (χ0n) is 10.4. The van der Waals surface area contributed by atoms with Crippen LogP contribution >= 0.6 is 0 Å². The molecule has 5 heteroatoms. The molecule has 0 radical (unpaired) electrons. The molecule has 2 rings (SSSR count). The van der Waals surface area contributed by atoms with E-state index >= 15 is 0 Å². The number of rotatable bonds is 3. The zero-order chi connectivity index (χ0) is 13.0. The van der Waals surface area contributed by atoms with Gasteiger partial charge >= 0.3 is 0 Å². The van der Waals surface area contributed by atoms with Crippen molar-refractivity contribution in [2.24, 2.45) is 0 Å². The second-order valence-corrected chi connectivity index (χ2v) is 4.46. The number of aromatic nitrogens is 1. The van der Waals surface area contributed by atoms with Gasteiger partial charge in [-0.25, -0.2) is 0 Å². The van der Waals surface area contributed by atoms with E-state index in [0.717, 1.165) is 12.1 Å². The molecule has 1 saturated heterocycles. The summed E-state index contributed by atoms with van der Waals surface area (Å²) in [6, 6.07) is 5.66. The number of hydrogen-bond donors (Lipinski definition) is 0. The van der Waals surface area contributed by atoms with Gasteiger partial charge in [-0.05, 0) is 17.7 Å². The van der Waals surface area contributed by atoms with Gasteiger partial charge in [0.05, 0.1) is 12.5 Å². The van der Waals surface area contributed by atoms with Crippen molar-refractivity contribution in [1.82, 2.24) is 14.8 Å². The van der Waals surface area contributed by atoms with Gasteiger partial charge in [0.25, 0.3) is 0 Å². The Morgan fingerprint density at radius 1 is 1.44 bits per heavy atom. The maximum Gasteiger partial charge on any atom is 0.240 e. The van der Waals surface area contributed by atoms with Crippen molar-refractivity contribution >= 4 is 5.91 Å². The first-order chi connectivity index (χ1) is 8.72. The predicted octanol–water partition coefficient (Wildman–Crippen LogP) is 0.638. The topological polar surface area (TPSA) is 60.2 Å². The molecule has 0 N–H and O–H groups in total. The lowest BCUT2D eigenvalue weighted by Crippen LogP contribution is -2.55. The molecule has 1 unspecified atom stereocenters. The Bertz CT molecular complexity index is 454. The van der Waals surface area contributed by atoms with E-state index < -0.39 is 0 Å². The van der Waals surface area contributed by atoms with Crippen molar-refractivity contribution in [1.29, 1.82) is 5.26 Å². The molecule has 1 fully saturated rings. The quantitative estimate of drug-likeness (QED) is 0.782. The number of carbonyl (C=O) groups is 1. The third kappa shape index (κ3) is 2.66. The monoisotopic (exact) mass is 244 g/mol. The summed E-state index contributed by atoms with van der Waals surface area (Å²) in [5.74, 6) is 0.0388. The molecule has 1 aromatic rings. The van der Waals surface area contributed by atoms with Crippen LogP contribution in [0, 0.1) is 11.3 Å². The second-order valence-electron chi connectivity index (χ2n) is 4.46. The lowest BCUT2D eigenvalue weighted by Gasteiger charge is -2.38. The summed E-state index contributed by atoms with van der Waals surface area (Å²) in [6.07, 6.45) is 3.73. The van der Waals surface area contributed by atoms with Crippen LogP contribution in [0.5, 0.6) is 0 Å². The normalized spacial score (nSPS) is 20.8. The number of carbonyl (C=O) groups excluding carboxylic acids is 1. The summed E-state index contributed by atoms with van der Waals surface area (Å²) in [5, 5.41) is 8.85. The van der Waals surface area contributed by atoms with Crippen LogP contribution in [0.1, 0.15) is 12.0 Å². The van der Waals surface area contributed by atoms with E-state index in [2.05, 4.69) is 16.0 Å². The van der Waals surface area contributed by atoms with Crippen molar-refractivity contribution < 1.29 is 4.79 Å². The third-order valence-corrected chi connectivity index (χ3v) is 3.24. The summed E-state index contributed by atoms with van der Waals surface area (Å²) in [5.41, 5.74) is 1.12. The molecule has 1 atom stereocenters. The molecule has 1 aliphatic rings. The van der Waals surface area contributed by atoms with Crippen LogP contribution < -0.4 is 0 Å². The van der Waals surface area contributed by atoms with E-state index in [4.69, 9.17) is 5.26 Å². The number of pyridine rings is 1. The van der Waals surface area contributed by atoms with Crippen molar-refractivity contribution in [2.75, 3.05) is 20.1 Å². The molecule has 1 amide bonds. The number of nitriles is 1. The Kier molecular flexibility index (Phi) is 3.90. The molecule has 5 nitrogen and oxygen atoms in total. The first-order valence-corrected chi connectivity index (χ1v) is 5.97. The molecule has 18 heavy (non-hydrogen) atoms. The fourth-order valence-electron chi connectivity index (χ4n) is 2.17. The zero-order valence-corrected chi connectivity index (χ0v) is 10.4. The van der Waals surface area contributed by atoms with Gasteiger partial charge < -0.3 is 4.90 Å². The summed E-state index contributed by atoms with van der Waals surface area (Å²) < 4.78 is 0. The smallest absolute Gasteiger partial charge is 0.240 e. The molecule has 0 aliphatic carbocycles. The number of likely N-dealkylation sites (N-methyl/N-ethyl adjacent to an activating group) is 1. The van der Waals surface area contributed by atoms with Crippen LogP contribution in [-0.2, 0) is 11.3 Å². The average molecular weight is 244 g/mol. The van der Waals surface area contributed by atoms with E-state index in [9.17, 15) is 4.79 Å². The van der Waals surface area contributed by atoms with Gasteiger partial charge in [-0.3, -0.25) is 14.7 Å². The average Bonchev–Trinajstić information content (AvgIpc) is 2.39. The fourth-order valence-corrected chi connectivity index (χ4v) is 2.17. The van der Waals surface area contributed by atoms with Crippen LogP contribution in [0.4, 0.5) is 0 Å². The van der Waals surface area contributed by atoms with Crippen LogP contribution in [-0.4, -0.2) is 46.9 Å². The fraction of sp³-hybridized carbons (Fsp3) is 0.462. The van der Waals surface area contributed by atoms with E-state index in [1.807, 2.05) is 12.1 Å². The lowest BCUT2D eigenvalue weighted by atomic mass is 10.1. The molecular weight excluding hydrogens is 228 g/mol. The number of piperazine rings is 1. The van der Waals surface area contributed by atoms with Crippen LogP contribution in [0.2, 0.25) is 0 Å². The van der Waals surface area contributed by atoms with Crippen LogP contribution in [0.3, 0.4) is 0 Å². The van der Waals surface area contributed by atoms with E-state index in [1.54, 1.807) is 24.3 Å². The summed E-state index contributed by atoms with van der Waals surface area (Å²) in [7, 11) is 1.79. The molecule has 2 heterocycles. The summed E-state index contributed by atoms with van der Waals surface area (Å²) >= 11 is 0. The summed E-state index contributed by atoms with van der Waals surface area (Å²) in [6.45, 7) is 2.21. The van der Waals surface area contributed by atoms with Crippen molar-refractivity contribution in [3.8, 4) is 6.07 Å². The maximum absolute atomic E-state index is 12.0. The second kappa shape index (κ2) is 5.61. The van der Waals surface area contributed by atoms with Gasteiger partial charge in [0.2, 0.25) is 5.91 Å².